The van der Waals surface area contributed by atoms with E-state index in [0.717, 1.165) is 5.56 Å². The van der Waals surface area contributed by atoms with Gasteiger partial charge in [0.15, 0.2) is 0 Å². The van der Waals surface area contributed by atoms with E-state index in [1.54, 1.807) is 60.7 Å². The van der Waals surface area contributed by atoms with Crippen molar-refractivity contribution in [1.29, 1.82) is 5.26 Å². The Morgan fingerprint density at radius 1 is 1.07 bits per heavy atom. The second-order valence-electron chi connectivity index (χ2n) is 6.24. The van der Waals surface area contributed by atoms with Crippen molar-refractivity contribution < 1.29 is 14.5 Å². The highest BCUT2D eigenvalue weighted by Gasteiger charge is 2.15. The highest BCUT2D eigenvalue weighted by molar-refractivity contribution is 5.93. The largest absolute Gasteiger partial charge is 0.489 e. The Hall–Kier alpha value is -4.18. The number of nitrogens with one attached hydrogen (secondary N) is 1. The third-order valence-electron chi connectivity index (χ3n) is 4.12. The van der Waals surface area contributed by atoms with E-state index in [0.29, 0.717) is 22.6 Å². The molecule has 1 amide bonds. The van der Waals surface area contributed by atoms with Gasteiger partial charge >= 0.3 is 0 Å². The first-order valence-corrected chi connectivity index (χ1v) is 8.79. The van der Waals surface area contributed by atoms with Crippen LogP contribution in [0.4, 0.5) is 11.4 Å². The average Bonchev–Trinajstić information content (AvgIpc) is 2.73. The van der Waals surface area contributed by atoms with Gasteiger partial charge in [-0.3, -0.25) is 14.9 Å². The Labute approximate surface area is 167 Å². The molecule has 3 rings (SSSR count). The molecule has 7 heteroatoms. The Bertz CT molecular complexity index is 1090. The molecule has 0 atom stereocenters. The van der Waals surface area contributed by atoms with Gasteiger partial charge < -0.3 is 10.1 Å². The summed E-state index contributed by atoms with van der Waals surface area (Å²) >= 11 is 0. The number of nitrogens with zero attached hydrogens (tertiary/aromatic N) is 2. The van der Waals surface area contributed by atoms with Crippen molar-refractivity contribution in [3.05, 3.63) is 99.6 Å². The molecule has 0 spiro atoms. The molecule has 0 saturated heterocycles. The van der Waals surface area contributed by atoms with Crippen molar-refractivity contribution >= 4 is 17.3 Å². The summed E-state index contributed by atoms with van der Waals surface area (Å²) in [5.74, 6) is 0.189. The molecule has 144 valence electrons. The number of nitriles is 1. The molecular weight excluding hydrogens is 370 g/mol. The molecule has 0 saturated carbocycles. The van der Waals surface area contributed by atoms with Gasteiger partial charge in [-0.25, -0.2) is 0 Å². The summed E-state index contributed by atoms with van der Waals surface area (Å²) in [7, 11) is 0. The molecule has 0 aromatic heterocycles. The fraction of sp³-hybridized carbons (Fsp3) is 0.0909. The lowest BCUT2D eigenvalue weighted by Crippen LogP contribution is -2.15. The maximum atomic E-state index is 12.3. The van der Waals surface area contributed by atoms with E-state index in [2.05, 4.69) is 11.4 Å². The van der Waals surface area contributed by atoms with Crippen LogP contribution in [0.25, 0.3) is 0 Å². The molecule has 0 aliphatic carbocycles. The number of carbonyl (C=O) groups is 1. The SMILES string of the molecule is N#Cc1cccc(COc2cccc(NC(=O)Cc3ccccc3[N+](=O)[O-])c2)c1. The summed E-state index contributed by atoms with van der Waals surface area (Å²) in [5, 5.41) is 22.8. The highest BCUT2D eigenvalue weighted by atomic mass is 16.6. The van der Waals surface area contributed by atoms with Gasteiger partial charge in [-0.1, -0.05) is 36.4 Å². The van der Waals surface area contributed by atoms with Crippen LogP contribution in [-0.4, -0.2) is 10.8 Å². The maximum absolute atomic E-state index is 12.3. The third-order valence-corrected chi connectivity index (χ3v) is 4.12. The number of para-hydroxylation sites is 1. The third kappa shape index (κ3) is 5.40. The monoisotopic (exact) mass is 387 g/mol. The number of nitro benzene ring substituents is 1. The zero-order valence-electron chi connectivity index (χ0n) is 15.4. The van der Waals surface area contributed by atoms with Crippen LogP contribution >= 0.6 is 0 Å². The van der Waals surface area contributed by atoms with E-state index >= 15 is 0 Å². The van der Waals surface area contributed by atoms with E-state index in [4.69, 9.17) is 10.00 Å². The first kappa shape index (κ1) is 19.6. The number of anilines is 1. The smallest absolute Gasteiger partial charge is 0.273 e. The van der Waals surface area contributed by atoms with Crippen molar-refractivity contribution in [3.63, 3.8) is 0 Å². The molecule has 0 bridgehead atoms. The normalized spacial score (nSPS) is 10.0. The molecular formula is C22H17N3O4. The van der Waals surface area contributed by atoms with Gasteiger partial charge in [0.2, 0.25) is 5.91 Å². The average molecular weight is 387 g/mol. The summed E-state index contributed by atoms with van der Waals surface area (Å²) in [6.45, 7) is 0.281. The number of amides is 1. The van der Waals surface area contributed by atoms with Crippen LogP contribution in [-0.2, 0) is 17.8 Å². The fourth-order valence-electron chi connectivity index (χ4n) is 2.78. The molecule has 29 heavy (non-hydrogen) atoms. The van der Waals surface area contributed by atoms with Gasteiger partial charge in [0.05, 0.1) is 23.0 Å². The first-order chi connectivity index (χ1) is 14.0. The topological polar surface area (TPSA) is 105 Å². The molecule has 3 aromatic rings. The maximum Gasteiger partial charge on any atom is 0.273 e. The second kappa shape index (κ2) is 9.15. The molecule has 3 aromatic carbocycles. The standard InChI is InChI=1S/C22H17N3O4/c23-14-16-5-3-6-17(11-16)15-29-20-9-4-8-19(13-20)24-22(26)12-18-7-1-2-10-21(18)25(27)28/h1-11,13H,12,15H2,(H,24,26). The quantitative estimate of drug-likeness (QED) is 0.482. The van der Waals surface area contributed by atoms with Gasteiger partial charge in [0, 0.05) is 23.4 Å². The number of ether oxygens (including phenoxy) is 1. The van der Waals surface area contributed by atoms with Crippen LogP contribution in [0.3, 0.4) is 0 Å². The van der Waals surface area contributed by atoms with Gasteiger partial charge in [0.25, 0.3) is 5.69 Å². The van der Waals surface area contributed by atoms with Crippen LogP contribution in [0.5, 0.6) is 5.75 Å². The van der Waals surface area contributed by atoms with Gasteiger partial charge in [-0.15, -0.1) is 0 Å². The summed E-state index contributed by atoms with van der Waals surface area (Å²) in [6.07, 6.45) is -0.108. The number of rotatable bonds is 7. The lowest BCUT2D eigenvalue weighted by atomic mass is 10.1. The first-order valence-electron chi connectivity index (χ1n) is 8.79. The fourth-order valence-corrected chi connectivity index (χ4v) is 2.78. The predicted molar refractivity (Wildman–Crippen MR) is 107 cm³/mol. The van der Waals surface area contributed by atoms with E-state index in [-0.39, 0.29) is 24.6 Å². The molecule has 7 nitrogen and oxygen atoms in total. The van der Waals surface area contributed by atoms with Gasteiger partial charge in [-0.2, -0.15) is 5.26 Å². The Morgan fingerprint density at radius 3 is 2.66 bits per heavy atom. The lowest BCUT2D eigenvalue weighted by Gasteiger charge is -2.10. The molecule has 0 aliphatic rings. The van der Waals surface area contributed by atoms with Crippen LogP contribution < -0.4 is 10.1 Å². The molecule has 0 unspecified atom stereocenters. The molecule has 0 heterocycles. The number of carbonyl (C=O) groups excluding carboxylic acids is 1. The number of hydrogen-bond acceptors (Lipinski definition) is 5. The van der Waals surface area contributed by atoms with Crippen molar-refractivity contribution in [3.8, 4) is 11.8 Å². The molecule has 0 radical (unpaired) electrons. The lowest BCUT2D eigenvalue weighted by molar-refractivity contribution is -0.385. The van der Waals surface area contributed by atoms with Crippen molar-refractivity contribution in [2.45, 2.75) is 13.0 Å². The zero-order valence-corrected chi connectivity index (χ0v) is 15.4. The zero-order chi connectivity index (χ0) is 20.6. The van der Waals surface area contributed by atoms with E-state index in [1.165, 1.54) is 6.07 Å². The van der Waals surface area contributed by atoms with Crippen LogP contribution in [0.1, 0.15) is 16.7 Å². The summed E-state index contributed by atoms with van der Waals surface area (Å²) < 4.78 is 5.73. The Kier molecular flexibility index (Phi) is 6.18. The number of nitro groups is 1. The van der Waals surface area contributed by atoms with Crippen molar-refractivity contribution in [2.24, 2.45) is 0 Å². The highest BCUT2D eigenvalue weighted by Crippen LogP contribution is 2.21. The minimum Gasteiger partial charge on any atom is -0.489 e. The van der Waals surface area contributed by atoms with Gasteiger partial charge in [-0.05, 0) is 29.8 Å². The molecule has 0 aliphatic heterocycles. The summed E-state index contributed by atoms with van der Waals surface area (Å²) in [6, 6.07) is 22.2. The van der Waals surface area contributed by atoms with Crippen LogP contribution in [0, 0.1) is 21.4 Å². The van der Waals surface area contributed by atoms with Crippen molar-refractivity contribution in [1.82, 2.24) is 0 Å². The molecule has 0 fully saturated rings. The van der Waals surface area contributed by atoms with Crippen molar-refractivity contribution in [2.75, 3.05) is 5.32 Å². The molecule has 1 N–H and O–H groups in total. The number of hydrogen-bond donors (Lipinski definition) is 1. The summed E-state index contributed by atoms with van der Waals surface area (Å²) in [4.78, 5) is 22.9. The van der Waals surface area contributed by atoms with E-state index in [1.807, 2.05) is 6.07 Å². The Morgan fingerprint density at radius 2 is 1.86 bits per heavy atom. The summed E-state index contributed by atoms with van der Waals surface area (Å²) in [5.41, 5.74) is 2.20. The van der Waals surface area contributed by atoms with E-state index < -0.39 is 4.92 Å². The second-order valence-corrected chi connectivity index (χ2v) is 6.24. The van der Waals surface area contributed by atoms with Crippen LogP contribution in [0.15, 0.2) is 72.8 Å². The Balaban J connectivity index is 1.63. The van der Waals surface area contributed by atoms with Crippen LogP contribution in [0.2, 0.25) is 0 Å². The predicted octanol–water partition coefficient (Wildman–Crippen LogP) is 4.23. The van der Waals surface area contributed by atoms with Gasteiger partial charge in [0.1, 0.15) is 12.4 Å². The van der Waals surface area contributed by atoms with E-state index in [9.17, 15) is 14.9 Å². The minimum atomic E-state index is -0.502. The number of benzene rings is 3. The minimum absolute atomic E-state index is 0.0840.